The third-order valence-corrected chi connectivity index (χ3v) is 6.11. The van der Waals surface area contributed by atoms with Crippen molar-refractivity contribution in [3.05, 3.63) is 18.2 Å². The fraction of sp³-hybridized carbons (Fsp3) is 0.600. The van der Waals surface area contributed by atoms with Gasteiger partial charge in [0, 0.05) is 24.8 Å². The lowest BCUT2D eigenvalue weighted by molar-refractivity contribution is -1.01. The minimum atomic E-state index is -0.138. The molecule has 2 fully saturated rings. The number of ether oxygens (including phenoxy) is 2. The molecule has 2 saturated heterocycles. The zero-order chi connectivity index (χ0) is 19.5. The highest BCUT2D eigenvalue weighted by Gasteiger charge is 2.33. The molecule has 152 valence electrons. The minimum Gasteiger partial charge on any atom is -0.454 e. The highest BCUT2D eigenvalue weighted by molar-refractivity contribution is 5.94. The fourth-order valence-corrected chi connectivity index (χ4v) is 4.24. The molecule has 0 saturated carbocycles. The molecule has 1 aromatic carbocycles. The van der Waals surface area contributed by atoms with Crippen molar-refractivity contribution >= 4 is 17.5 Å². The van der Waals surface area contributed by atoms with Crippen molar-refractivity contribution in [1.29, 1.82) is 0 Å². The summed E-state index contributed by atoms with van der Waals surface area (Å²) < 4.78 is 10.7. The molecule has 0 spiro atoms. The van der Waals surface area contributed by atoms with Crippen LogP contribution in [0.5, 0.6) is 11.5 Å². The topological polar surface area (TPSA) is 76.7 Å². The van der Waals surface area contributed by atoms with E-state index in [0.717, 1.165) is 57.8 Å². The summed E-state index contributed by atoms with van der Waals surface area (Å²) in [5.74, 6) is 1.66. The first-order valence-corrected chi connectivity index (χ1v) is 10.3. The van der Waals surface area contributed by atoms with Gasteiger partial charge < -0.3 is 29.5 Å². The van der Waals surface area contributed by atoms with Crippen molar-refractivity contribution in [2.75, 3.05) is 57.9 Å². The molecule has 0 aromatic heterocycles. The molecule has 28 heavy (non-hydrogen) atoms. The first-order valence-electron chi connectivity index (χ1n) is 10.3. The van der Waals surface area contributed by atoms with E-state index in [4.69, 9.17) is 9.47 Å². The van der Waals surface area contributed by atoms with Crippen molar-refractivity contribution in [2.45, 2.75) is 25.8 Å². The minimum absolute atomic E-state index is 0.00505. The maximum atomic E-state index is 12.7. The van der Waals surface area contributed by atoms with Crippen LogP contribution in [0.25, 0.3) is 0 Å². The van der Waals surface area contributed by atoms with E-state index < -0.39 is 0 Å². The SMILES string of the molecule is C[C@@H](C(=O)Nc1ccc2c(c1)OCO2)[NH+]1CC[NH+](CC(=O)N2CCCC2)CC1. The number of hydrogen-bond donors (Lipinski definition) is 3. The van der Waals surface area contributed by atoms with Crippen molar-refractivity contribution in [3.8, 4) is 11.5 Å². The summed E-state index contributed by atoms with van der Waals surface area (Å²) in [6.07, 6.45) is 2.27. The number of piperazine rings is 1. The van der Waals surface area contributed by atoms with Crippen LogP contribution in [0.2, 0.25) is 0 Å². The predicted molar refractivity (Wildman–Crippen MR) is 103 cm³/mol. The average Bonchev–Trinajstić information content (AvgIpc) is 3.39. The average molecular weight is 390 g/mol. The molecule has 1 atom stereocenters. The van der Waals surface area contributed by atoms with Gasteiger partial charge in [0.25, 0.3) is 11.8 Å². The normalized spacial score (nSPS) is 24.8. The molecular weight excluding hydrogens is 360 g/mol. The third-order valence-electron chi connectivity index (χ3n) is 6.11. The first-order chi connectivity index (χ1) is 13.6. The lowest BCUT2D eigenvalue weighted by Crippen LogP contribution is -3.30. The molecule has 1 aromatic rings. The predicted octanol–water partition coefficient (Wildman–Crippen LogP) is -1.85. The zero-order valence-corrected chi connectivity index (χ0v) is 16.5. The van der Waals surface area contributed by atoms with E-state index in [9.17, 15) is 9.59 Å². The van der Waals surface area contributed by atoms with Crippen LogP contribution in [0.1, 0.15) is 19.8 Å². The lowest BCUT2D eigenvalue weighted by atomic mass is 10.2. The van der Waals surface area contributed by atoms with Gasteiger partial charge in [0.1, 0.15) is 26.2 Å². The Morgan fingerprint density at radius 1 is 1.11 bits per heavy atom. The van der Waals surface area contributed by atoms with E-state index in [1.807, 2.05) is 24.0 Å². The van der Waals surface area contributed by atoms with Crippen LogP contribution in [-0.2, 0) is 9.59 Å². The van der Waals surface area contributed by atoms with Crippen LogP contribution in [0.3, 0.4) is 0 Å². The van der Waals surface area contributed by atoms with Crippen LogP contribution < -0.4 is 24.6 Å². The van der Waals surface area contributed by atoms with Gasteiger partial charge in [-0.25, -0.2) is 0 Å². The van der Waals surface area contributed by atoms with Crippen LogP contribution in [0.15, 0.2) is 18.2 Å². The summed E-state index contributed by atoms with van der Waals surface area (Å²) >= 11 is 0. The molecule has 8 nitrogen and oxygen atoms in total. The highest BCUT2D eigenvalue weighted by atomic mass is 16.7. The van der Waals surface area contributed by atoms with Gasteiger partial charge >= 0.3 is 0 Å². The molecule has 0 unspecified atom stereocenters. The molecule has 3 heterocycles. The second-order valence-electron chi connectivity index (χ2n) is 7.95. The molecule has 3 aliphatic heterocycles. The summed E-state index contributed by atoms with van der Waals surface area (Å²) in [4.78, 5) is 29.6. The van der Waals surface area contributed by atoms with Gasteiger partial charge in [-0.05, 0) is 31.9 Å². The van der Waals surface area contributed by atoms with E-state index in [-0.39, 0.29) is 24.6 Å². The van der Waals surface area contributed by atoms with Gasteiger partial charge in [-0.1, -0.05) is 0 Å². The summed E-state index contributed by atoms with van der Waals surface area (Å²) in [6, 6.07) is 5.31. The molecule has 8 heteroatoms. The second kappa shape index (κ2) is 8.36. The summed E-state index contributed by atoms with van der Waals surface area (Å²) in [5.41, 5.74) is 0.723. The Bertz CT molecular complexity index is 727. The summed E-state index contributed by atoms with van der Waals surface area (Å²) in [5, 5.41) is 2.99. The Morgan fingerprint density at radius 3 is 2.57 bits per heavy atom. The molecule has 2 amide bonds. The number of carbonyl (C=O) groups excluding carboxylic acids is 2. The number of amides is 2. The van der Waals surface area contributed by atoms with Gasteiger partial charge in [-0.2, -0.15) is 0 Å². The van der Waals surface area contributed by atoms with E-state index in [2.05, 4.69) is 5.32 Å². The van der Waals surface area contributed by atoms with E-state index in [1.165, 1.54) is 9.80 Å². The molecular formula is C20H30N4O4+2. The zero-order valence-electron chi connectivity index (χ0n) is 16.5. The third kappa shape index (κ3) is 4.23. The van der Waals surface area contributed by atoms with Crippen LogP contribution in [-0.4, -0.2) is 75.4 Å². The molecule has 3 aliphatic rings. The number of carbonyl (C=O) groups is 2. The number of anilines is 1. The Labute approximate surface area is 165 Å². The van der Waals surface area contributed by atoms with Gasteiger partial charge in [0.05, 0.1) is 0 Å². The van der Waals surface area contributed by atoms with Gasteiger partial charge in [-0.3, -0.25) is 9.59 Å². The molecule has 4 rings (SSSR count). The fourth-order valence-electron chi connectivity index (χ4n) is 4.24. The van der Waals surface area contributed by atoms with Crippen molar-refractivity contribution in [1.82, 2.24) is 4.90 Å². The number of nitrogens with one attached hydrogen (secondary N) is 3. The van der Waals surface area contributed by atoms with Crippen LogP contribution in [0.4, 0.5) is 5.69 Å². The number of hydrogen-bond acceptors (Lipinski definition) is 4. The maximum absolute atomic E-state index is 12.7. The Hall–Kier alpha value is -2.32. The Morgan fingerprint density at radius 2 is 1.82 bits per heavy atom. The lowest BCUT2D eigenvalue weighted by Gasteiger charge is -2.32. The molecule has 3 N–H and O–H groups in total. The largest absolute Gasteiger partial charge is 0.454 e. The summed E-state index contributed by atoms with van der Waals surface area (Å²) in [7, 11) is 0. The molecule has 0 bridgehead atoms. The van der Waals surface area contributed by atoms with Crippen LogP contribution >= 0.6 is 0 Å². The van der Waals surface area contributed by atoms with Crippen molar-refractivity contribution < 1.29 is 28.9 Å². The van der Waals surface area contributed by atoms with E-state index >= 15 is 0 Å². The number of rotatable bonds is 5. The first kappa shape index (κ1) is 19.0. The standard InChI is InChI=1S/C20H28N4O4/c1-15(20(26)21-16-4-5-17-18(12-16)28-14-27-17)23-10-8-22(9-11-23)13-19(25)24-6-2-3-7-24/h4-5,12,15H,2-3,6-11,13-14H2,1H3,(H,21,26)/p+2/t15-/m0/s1. The van der Waals surface area contributed by atoms with Crippen molar-refractivity contribution in [3.63, 3.8) is 0 Å². The van der Waals surface area contributed by atoms with Gasteiger partial charge in [0.2, 0.25) is 6.79 Å². The maximum Gasteiger partial charge on any atom is 0.282 e. The number of quaternary nitrogens is 2. The highest BCUT2D eigenvalue weighted by Crippen LogP contribution is 2.34. The molecule has 0 aliphatic carbocycles. The number of benzene rings is 1. The number of nitrogens with zero attached hydrogens (tertiary/aromatic N) is 1. The quantitative estimate of drug-likeness (QED) is 0.552. The Balaban J connectivity index is 1.24. The van der Waals surface area contributed by atoms with Crippen molar-refractivity contribution in [2.24, 2.45) is 0 Å². The monoisotopic (exact) mass is 390 g/mol. The van der Waals surface area contributed by atoms with Gasteiger partial charge in [-0.15, -0.1) is 0 Å². The van der Waals surface area contributed by atoms with Crippen LogP contribution in [0, 0.1) is 0 Å². The smallest absolute Gasteiger partial charge is 0.282 e. The Kier molecular flexibility index (Phi) is 5.68. The molecule has 0 radical (unpaired) electrons. The van der Waals surface area contributed by atoms with E-state index in [1.54, 1.807) is 6.07 Å². The number of likely N-dealkylation sites (tertiary alicyclic amines) is 1. The summed E-state index contributed by atoms with van der Waals surface area (Å²) in [6.45, 7) is 8.27. The van der Waals surface area contributed by atoms with Gasteiger partial charge in [0.15, 0.2) is 24.1 Å². The van der Waals surface area contributed by atoms with E-state index in [0.29, 0.717) is 18.0 Å². The second-order valence-corrected chi connectivity index (χ2v) is 7.95. The number of fused-ring (bicyclic) bond motifs is 1.